The molecule has 1 unspecified atom stereocenters. The van der Waals surface area contributed by atoms with Crippen LogP contribution in [-0.2, 0) is 0 Å². The van der Waals surface area contributed by atoms with Crippen LogP contribution in [0, 0.1) is 0 Å². The smallest absolute Gasteiger partial charge is 0.127 e. The summed E-state index contributed by atoms with van der Waals surface area (Å²) in [5.74, 6) is 0. The summed E-state index contributed by atoms with van der Waals surface area (Å²) in [4.78, 5) is 0. The first-order valence-corrected chi connectivity index (χ1v) is 2.37. The summed E-state index contributed by atoms with van der Waals surface area (Å²) in [5, 5.41) is 2.67. The Kier molecular flexibility index (Phi) is 4.78. The van der Waals surface area contributed by atoms with Gasteiger partial charge in [0.1, 0.15) is 7.57 Å². The number of hydrazine groups is 1. The largest absolute Gasteiger partial charge is 0.258 e. The van der Waals surface area contributed by atoms with Gasteiger partial charge in [-0.05, 0) is 7.05 Å². The summed E-state index contributed by atoms with van der Waals surface area (Å²) in [7, 11) is 7.07. The van der Waals surface area contributed by atoms with E-state index in [0.29, 0.717) is 8.61 Å². The summed E-state index contributed by atoms with van der Waals surface area (Å²) in [6.07, 6.45) is 0. The molecule has 0 aromatic carbocycles. The zero-order chi connectivity index (χ0) is 4.12. The van der Waals surface area contributed by atoms with Crippen LogP contribution in [0.2, 0.25) is 0 Å². The topological polar surface area (TPSA) is 24.1 Å². The summed E-state index contributed by atoms with van der Waals surface area (Å²) in [6, 6.07) is 0. The molecule has 1 atom stereocenters. The van der Waals surface area contributed by atoms with Crippen molar-refractivity contribution in [2.45, 2.75) is 0 Å². The molecule has 2 nitrogen and oxygen atoms in total. The van der Waals surface area contributed by atoms with E-state index in [1.54, 1.807) is 7.05 Å². The zero-order valence-electron chi connectivity index (χ0n) is 3.08. The highest BCUT2D eigenvalue weighted by Gasteiger charge is 1.59. The van der Waals surface area contributed by atoms with Gasteiger partial charge in [-0.3, -0.25) is 5.43 Å². The maximum absolute atomic E-state index is 4.99. The van der Waals surface area contributed by atoms with Gasteiger partial charge in [0.25, 0.3) is 0 Å². The van der Waals surface area contributed by atoms with Gasteiger partial charge in [0.15, 0.2) is 0 Å². The van der Waals surface area contributed by atoms with E-state index in [1.165, 1.54) is 0 Å². The molecule has 0 saturated carbocycles. The van der Waals surface area contributed by atoms with Crippen molar-refractivity contribution in [1.82, 2.24) is 10.6 Å². The number of hydrogen-bond donors (Lipinski definition) is 2. The molecule has 0 aromatic heterocycles. The molecule has 0 aliphatic heterocycles. The fraction of sp³-hybridized carbons (Fsp3) is 1.00. The van der Waals surface area contributed by atoms with Crippen LogP contribution in [0.25, 0.3) is 0 Å². The summed E-state index contributed by atoms with van der Waals surface area (Å²) in [5.41, 5.74) is 2.65. The van der Waals surface area contributed by atoms with E-state index in [1.807, 2.05) is 0 Å². The Balaban J connectivity index is 2.19. The Morgan fingerprint density at radius 1 is 1.80 bits per heavy atom. The van der Waals surface area contributed by atoms with Crippen LogP contribution in [-0.4, -0.2) is 14.6 Å². The Labute approximate surface area is 34.9 Å². The van der Waals surface area contributed by atoms with Crippen LogP contribution < -0.4 is 10.6 Å². The molecule has 0 spiro atoms. The fourth-order valence-corrected chi connectivity index (χ4v) is 0.217. The van der Waals surface area contributed by atoms with E-state index in [-0.39, 0.29) is 0 Å². The monoisotopic (exact) mass is 88.0 g/mol. The summed E-state index contributed by atoms with van der Waals surface area (Å²) in [6.45, 7) is 0. The molecule has 0 aliphatic rings. The van der Waals surface area contributed by atoms with Crippen molar-refractivity contribution in [2.75, 3.05) is 7.05 Å². The van der Waals surface area contributed by atoms with Crippen molar-refractivity contribution in [3.8, 4) is 0 Å². The second kappa shape index (κ2) is 4.41. The number of rotatable bonds is 2. The van der Waals surface area contributed by atoms with Gasteiger partial charge in [0.05, 0.1) is 0 Å². The van der Waals surface area contributed by atoms with Crippen molar-refractivity contribution in [3.05, 3.63) is 0 Å². The molecule has 5 heavy (non-hydrogen) atoms. The molecule has 0 fully saturated rings. The number of hydrogen-bond acceptors (Lipinski definition) is 2. The first kappa shape index (κ1) is 5.41. The lowest BCUT2D eigenvalue weighted by molar-refractivity contribution is 0.816. The van der Waals surface area contributed by atoms with Crippen molar-refractivity contribution < 1.29 is 0 Å². The minimum Gasteiger partial charge on any atom is -0.258 e. The third-order valence-corrected chi connectivity index (χ3v) is 0.592. The van der Waals surface area contributed by atoms with Gasteiger partial charge < -0.3 is 0 Å². The predicted octanol–water partition coefficient (Wildman–Crippen LogP) is -0.613. The summed E-state index contributed by atoms with van der Waals surface area (Å²) >= 11 is 0. The zero-order valence-corrected chi connectivity index (χ0v) is 4.08. The molecule has 2 radical (unpaired) electrons. The van der Waals surface area contributed by atoms with Crippen molar-refractivity contribution in [3.63, 3.8) is 0 Å². The van der Waals surface area contributed by atoms with Gasteiger partial charge in [-0.25, -0.2) is 5.20 Å². The lowest BCUT2D eigenvalue weighted by Gasteiger charge is -1.90. The lowest BCUT2D eigenvalue weighted by Crippen LogP contribution is -2.17. The van der Waals surface area contributed by atoms with Gasteiger partial charge in [-0.2, -0.15) is 0 Å². The third kappa shape index (κ3) is 4.41. The maximum Gasteiger partial charge on any atom is 0.127 e. The molecule has 0 heterocycles. The van der Waals surface area contributed by atoms with Crippen LogP contribution >= 0.6 is 8.61 Å². The van der Waals surface area contributed by atoms with E-state index in [0.717, 1.165) is 0 Å². The Morgan fingerprint density at radius 3 is 2.40 bits per heavy atom. The van der Waals surface area contributed by atoms with E-state index in [2.05, 4.69) is 10.6 Å². The minimum atomic E-state index is 0.297. The molecule has 4 heteroatoms. The molecule has 0 rings (SSSR count). The van der Waals surface area contributed by atoms with Gasteiger partial charge in [0.2, 0.25) is 0 Å². The van der Waals surface area contributed by atoms with E-state index in [4.69, 9.17) is 7.57 Å². The van der Waals surface area contributed by atoms with E-state index < -0.39 is 0 Å². The summed E-state index contributed by atoms with van der Waals surface area (Å²) < 4.78 is 0. The predicted molar refractivity (Wildman–Crippen MR) is 26.3 cm³/mol. The van der Waals surface area contributed by atoms with Crippen molar-refractivity contribution >= 4 is 16.2 Å². The standard InChI is InChI=1S/CH6BN2P/c1-3-4-5-2/h3-5H,1H3. The average molecular weight is 87.9 g/mol. The van der Waals surface area contributed by atoms with Gasteiger partial charge in [-0.1, -0.05) is 8.61 Å². The quantitative estimate of drug-likeness (QED) is 0.267. The molecule has 0 aliphatic carbocycles. The van der Waals surface area contributed by atoms with Crippen LogP contribution in [0.4, 0.5) is 0 Å². The SMILES string of the molecule is [B]PNNC. The van der Waals surface area contributed by atoms with Crippen molar-refractivity contribution in [2.24, 2.45) is 0 Å². The highest BCUT2D eigenvalue weighted by molar-refractivity contribution is 7.64. The molecule has 0 saturated heterocycles. The molecule has 0 amide bonds. The normalized spacial score (nSPS) is 10.6. The van der Waals surface area contributed by atoms with E-state index in [9.17, 15) is 0 Å². The molecule has 0 bridgehead atoms. The van der Waals surface area contributed by atoms with E-state index >= 15 is 0 Å². The molecule has 0 aromatic rings. The Morgan fingerprint density at radius 2 is 2.40 bits per heavy atom. The average Bonchev–Trinajstić information content (AvgIpc) is 1.41. The Bertz CT molecular complexity index is 17.1. The first-order chi connectivity index (χ1) is 2.41. The van der Waals surface area contributed by atoms with Gasteiger partial charge in [-0.15, -0.1) is 0 Å². The van der Waals surface area contributed by atoms with Crippen LogP contribution in [0.3, 0.4) is 0 Å². The molecular formula is CH6BN2P. The minimum absolute atomic E-state index is 0.297. The molecular weight excluding hydrogens is 81.8 g/mol. The second-order valence-corrected chi connectivity index (χ2v) is 1.06. The Hall–Kier alpha value is 0.415. The molecule has 28 valence electrons. The second-order valence-electron chi connectivity index (χ2n) is 0.519. The lowest BCUT2D eigenvalue weighted by atomic mass is 10.8. The first-order valence-electron chi connectivity index (χ1n) is 1.29. The highest BCUT2D eigenvalue weighted by Crippen LogP contribution is 1.81. The maximum atomic E-state index is 4.99. The van der Waals surface area contributed by atoms with Gasteiger partial charge >= 0.3 is 0 Å². The highest BCUT2D eigenvalue weighted by atomic mass is 31.1. The van der Waals surface area contributed by atoms with Crippen LogP contribution in [0.5, 0.6) is 0 Å². The third-order valence-electron chi connectivity index (χ3n) is 0.197. The van der Waals surface area contributed by atoms with Crippen molar-refractivity contribution in [1.29, 1.82) is 0 Å². The van der Waals surface area contributed by atoms with Crippen LogP contribution in [0.15, 0.2) is 0 Å². The fourth-order valence-electron chi connectivity index (χ4n) is 0.0722. The molecule has 2 N–H and O–H groups in total. The number of nitrogens with one attached hydrogen (secondary N) is 2. The van der Waals surface area contributed by atoms with Crippen LogP contribution in [0.1, 0.15) is 0 Å². The van der Waals surface area contributed by atoms with Gasteiger partial charge in [0, 0.05) is 0 Å².